The molecule has 1 atom stereocenters. The van der Waals surface area contributed by atoms with Crippen LogP contribution in [-0.4, -0.2) is 53.3 Å². The van der Waals surface area contributed by atoms with Gasteiger partial charge in [0.2, 0.25) is 11.8 Å². The Kier molecular flexibility index (Phi) is 3.81. The maximum atomic E-state index is 12.3. The van der Waals surface area contributed by atoms with Crippen LogP contribution in [0, 0.1) is 0 Å². The predicted octanol–water partition coefficient (Wildman–Crippen LogP) is -0.550. The van der Waals surface area contributed by atoms with Crippen molar-refractivity contribution in [3.8, 4) is 0 Å². The number of nitrogens with two attached hydrogens (primary N) is 1. The number of carbonyl (C=O) groups excluding carboxylic acids is 3. The molecule has 0 bridgehead atoms. The number of nitrogens with zero attached hydrogens (tertiary/aromatic N) is 2. The molecule has 4 amide bonds. The van der Waals surface area contributed by atoms with Crippen molar-refractivity contribution in [2.24, 2.45) is 5.73 Å². The highest BCUT2D eigenvalue weighted by Crippen LogP contribution is 2.23. The van der Waals surface area contributed by atoms with Gasteiger partial charge >= 0.3 is 6.03 Å². The quantitative estimate of drug-likeness (QED) is 0.783. The molecule has 1 aromatic carbocycles. The molecule has 1 saturated heterocycles. The van der Waals surface area contributed by atoms with Crippen LogP contribution in [0.3, 0.4) is 0 Å². The minimum atomic E-state index is -0.524. The Morgan fingerprint density at radius 3 is 2.64 bits per heavy atom. The largest absolute Gasteiger partial charge is 0.368 e. The van der Waals surface area contributed by atoms with E-state index in [0.29, 0.717) is 26.1 Å². The molecule has 1 aromatic rings. The lowest BCUT2D eigenvalue weighted by molar-refractivity contribution is -0.131. The van der Waals surface area contributed by atoms with Crippen LogP contribution >= 0.6 is 0 Å². The molecule has 0 aromatic heterocycles. The fraction of sp³-hybridized carbons (Fsp3) is 0.400. The van der Waals surface area contributed by atoms with Crippen LogP contribution in [0.15, 0.2) is 24.3 Å². The summed E-state index contributed by atoms with van der Waals surface area (Å²) in [5, 5.41) is 2.59. The Balaban J connectivity index is 1.77. The Labute approximate surface area is 128 Å². The number of rotatable bonds is 3. The molecule has 3 N–H and O–H groups in total. The number of carbonyl (C=O) groups is 3. The van der Waals surface area contributed by atoms with Crippen LogP contribution in [0.1, 0.15) is 11.1 Å². The fourth-order valence-corrected chi connectivity index (χ4v) is 2.99. The van der Waals surface area contributed by atoms with E-state index in [-0.39, 0.29) is 18.5 Å². The van der Waals surface area contributed by atoms with Crippen molar-refractivity contribution in [3.63, 3.8) is 0 Å². The Bertz CT molecular complexity index is 631. The molecule has 1 fully saturated rings. The van der Waals surface area contributed by atoms with Gasteiger partial charge < -0.3 is 11.1 Å². The lowest BCUT2D eigenvalue weighted by Gasteiger charge is -2.35. The Morgan fingerprint density at radius 1 is 1.27 bits per heavy atom. The highest BCUT2D eigenvalue weighted by Gasteiger charge is 2.34. The molecule has 2 aliphatic rings. The summed E-state index contributed by atoms with van der Waals surface area (Å²) in [5.74, 6) is -0.756. The average Bonchev–Trinajstić information content (AvgIpc) is 2.92. The lowest BCUT2D eigenvalue weighted by atomic mass is 9.93. The van der Waals surface area contributed by atoms with Gasteiger partial charge in [-0.25, -0.2) is 4.79 Å². The smallest absolute Gasteiger partial charge is 0.324 e. The van der Waals surface area contributed by atoms with E-state index < -0.39 is 11.9 Å². The van der Waals surface area contributed by atoms with Crippen molar-refractivity contribution in [3.05, 3.63) is 35.4 Å². The van der Waals surface area contributed by atoms with Gasteiger partial charge in [0, 0.05) is 19.6 Å². The van der Waals surface area contributed by atoms with E-state index in [4.69, 9.17) is 5.73 Å². The molecule has 2 heterocycles. The van der Waals surface area contributed by atoms with Crippen molar-refractivity contribution in [1.29, 1.82) is 0 Å². The van der Waals surface area contributed by atoms with E-state index in [2.05, 4.69) is 5.32 Å². The fourth-order valence-electron chi connectivity index (χ4n) is 2.99. The number of urea groups is 1. The van der Waals surface area contributed by atoms with Gasteiger partial charge in [0.05, 0.1) is 12.6 Å². The number of hydrogen-bond acceptors (Lipinski definition) is 4. The predicted molar refractivity (Wildman–Crippen MR) is 78.7 cm³/mol. The van der Waals surface area contributed by atoms with Crippen LogP contribution in [0.2, 0.25) is 0 Å². The average molecular weight is 302 g/mol. The third-order valence-electron chi connectivity index (χ3n) is 4.17. The number of imide groups is 1. The van der Waals surface area contributed by atoms with E-state index in [1.165, 1.54) is 4.90 Å². The Hall–Kier alpha value is -2.41. The van der Waals surface area contributed by atoms with Crippen molar-refractivity contribution in [1.82, 2.24) is 15.1 Å². The van der Waals surface area contributed by atoms with Gasteiger partial charge in [-0.1, -0.05) is 24.3 Å². The van der Waals surface area contributed by atoms with Crippen molar-refractivity contribution in [2.75, 3.05) is 19.6 Å². The zero-order chi connectivity index (χ0) is 15.7. The number of benzene rings is 1. The molecule has 0 aliphatic carbocycles. The first kappa shape index (κ1) is 14.5. The van der Waals surface area contributed by atoms with E-state index in [9.17, 15) is 14.4 Å². The molecule has 7 heteroatoms. The lowest BCUT2D eigenvalue weighted by Crippen LogP contribution is -2.52. The molecule has 0 radical (unpaired) electrons. The molecule has 2 aliphatic heterocycles. The first-order valence-electron chi connectivity index (χ1n) is 7.24. The van der Waals surface area contributed by atoms with E-state index in [1.54, 1.807) is 4.90 Å². The second-order valence-corrected chi connectivity index (χ2v) is 5.57. The zero-order valence-corrected chi connectivity index (χ0v) is 12.1. The molecule has 116 valence electrons. The van der Waals surface area contributed by atoms with Crippen LogP contribution in [0.5, 0.6) is 0 Å². The maximum absolute atomic E-state index is 12.3. The second-order valence-electron chi connectivity index (χ2n) is 5.57. The number of primary amides is 1. The third-order valence-corrected chi connectivity index (χ3v) is 4.17. The summed E-state index contributed by atoms with van der Waals surface area (Å²) in [6, 6.07) is 6.90. The van der Waals surface area contributed by atoms with Gasteiger partial charge in [-0.15, -0.1) is 0 Å². The molecule has 0 spiro atoms. The zero-order valence-electron chi connectivity index (χ0n) is 12.1. The summed E-state index contributed by atoms with van der Waals surface area (Å²) in [6.07, 6.45) is 0.491. The maximum Gasteiger partial charge on any atom is 0.324 e. The molecule has 22 heavy (non-hydrogen) atoms. The molecule has 0 saturated carbocycles. The number of hydrogen-bond donors (Lipinski definition) is 2. The van der Waals surface area contributed by atoms with Crippen LogP contribution < -0.4 is 11.1 Å². The standard InChI is InChI=1S/C15H18N4O3/c16-14(21)12-7-10-3-1-2-4-11(10)8-18(12)9-13(20)19-6-5-17-15(19)22/h1-4,12H,5-9H2,(H2,16,21)(H,17,22)/t12-/m0/s1. The number of nitrogens with one attached hydrogen (secondary N) is 1. The minimum Gasteiger partial charge on any atom is -0.368 e. The monoisotopic (exact) mass is 302 g/mol. The summed E-state index contributed by atoms with van der Waals surface area (Å²) in [7, 11) is 0. The van der Waals surface area contributed by atoms with Gasteiger partial charge in [0.15, 0.2) is 0 Å². The van der Waals surface area contributed by atoms with Crippen LogP contribution in [0.25, 0.3) is 0 Å². The van der Waals surface area contributed by atoms with Gasteiger partial charge in [-0.2, -0.15) is 0 Å². The van der Waals surface area contributed by atoms with Gasteiger partial charge in [0.1, 0.15) is 0 Å². The summed E-state index contributed by atoms with van der Waals surface area (Å²) in [6.45, 7) is 1.32. The second kappa shape index (κ2) is 5.76. The summed E-state index contributed by atoms with van der Waals surface area (Å²) in [5.41, 5.74) is 7.65. The summed E-state index contributed by atoms with van der Waals surface area (Å²) >= 11 is 0. The van der Waals surface area contributed by atoms with Crippen molar-refractivity contribution in [2.45, 2.75) is 19.0 Å². The van der Waals surface area contributed by atoms with Crippen LogP contribution in [0.4, 0.5) is 4.79 Å². The molecule has 7 nitrogen and oxygen atoms in total. The van der Waals surface area contributed by atoms with Gasteiger partial charge in [-0.3, -0.25) is 19.4 Å². The third kappa shape index (κ3) is 2.67. The highest BCUT2D eigenvalue weighted by atomic mass is 16.2. The molecule has 3 rings (SSSR count). The first-order valence-corrected chi connectivity index (χ1v) is 7.24. The van der Waals surface area contributed by atoms with Crippen LogP contribution in [-0.2, 0) is 22.6 Å². The van der Waals surface area contributed by atoms with Gasteiger partial charge in [-0.05, 0) is 17.5 Å². The normalized spacial score (nSPS) is 21.4. The summed E-state index contributed by atoms with van der Waals surface area (Å²) < 4.78 is 0. The van der Waals surface area contributed by atoms with E-state index in [0.717, 1.165) is 11.1 Å². The van der Waals surface area contributed by atoms with Crippen molar-refractivity contribution >= 4 is 17.8 Å². The molecular formula is C15H18N4O3. The molecule has 0 unspecified atom stereocenters. The first-order chi connectivity index (χ1) is 10.6. The topological polar surface area (TPSA) is 95.7 Å². The molecular weight excluding hydrogens is 284 g/mol. The SMILES string of the molecule is NC(=O)[C@@H]1Cc2ccccc2CN1CC(=O)N1CCNC1=O. The Morgan fingerprint density at radius 2 is 2.00 bits per heavy atom. The number of fused-ring (bicyclic) bond motifs is 1. The minimum absolute atomic E-state index is 0.00929. The summed E-state index contributed by atoms with van der Waals surface area (Å²) in [4.78, 5) is 38.5. The highest BCUT2D eigenvalue weighted by molar-refractivity contribution is 5.97. The van der Waals surface area contributed by atoms with E-state index >= 15 is 0 Å². The van der Waals surface area contributed by atoms with E-state index in [1.807, 2.05) is 24.3 Å². The van der Waals surface area contributed by atoms with Gasteiger partial charge in [0.25, 0.3) is 0 Å². The van der Waals surface area contributed by atoms with Crippen molar-refractivity contribution < 1.29 is 14.4 Å². The number of amides is 4.